The minimum Gasteiger partial charge on any atom is -0.385 e. The first-order valence-electron chi connectivity index (χ1n) is 5.66. The Kier molecular flexibility index (Phi) is 3.08. The van der Waals surface area contributed by atoms with Crippen LogP contribution in [0.1, 0.15) is 24.8 Å². The molecule has 0 atom stereocenters. The second kappa shape index (κ2) is 4.51. The van der Waals surface area contributed by atoms with E-state index in [0.717, 1.165) is 18.2 Å². The van der Waals surface area contributed by atoms with Gasteiger partial charge in [-0.25, -0.2) is 0 Å². The van der Waals surface area contributed by atoms with Gasteiger partial charge < -0.3 is 5.32 Å². The molecule has 2 rings (SSSR count). The van der Waals surface area contributed by atoms with Crippen LogP contribution in [0.5, 0.6) is 0 Å². The fourth-order valence-electron chi connectivity index (χ4n) is 1.88. The van der Waals surface area contributed by atoms with E-state index in [9.17, 15) is 10.1 Å². The van der Waals surface area contributed by atoms with Crippen LogP contribution in [0.4, 0.5) is 11.4 Å². The number of benzene rings is 1. The summed E-state index contributed by atoms with van der Waals surface area (Å²) in [6, 6.07) is 5.32. The molecule has 0 unspecified atom stereocenters. The zero-order valence-corrected chi connectivity index (χ0v) is 9.40. The summed E-state index contributed by atoms with van der Waals surface area (Å²) in [5.41, 5.74) is 1.75. The predicted molar refractivity (Wildman–Crippen MR) is 63.7 cm³/mol. The molecule has 0 spiro atoms. The summed E-state index contributed by atoms with van der Waals surface area (Å²) < 4.78 is 0. The molecule has 16 heavy (non-hydrogen) atoms. The van der Waals surface area contributed by atoms with E-state index in [0.29, 0.717) is 5.56 Å². The molecule has 4 heteroatoms. The highest BCUT2D eigenvalue weighted by Gasteiger charge is 2.17. The van der Waals surface area contributed by atoms with Crippen molar-refractivity contribution in [1.29, 1.82) is 0 Å². The SMILES string of the molecule is Cc1ccc(NCC2CCC2)cc1[N+](=O)[O-]. The third kappa shape index (κ3) is 2.32. The molecule has 1 aromatic carbocycles. The van der Waals surface area contributed by atoms with Crippen molar-refractivity contribution in [2.24, 2.45) is 5.92 Å². The first-order chi connectivity index (χ1) is 7.66. The first-order valence-corrected chi connectivity index (χ1v) is 5.66. The average molecular weight is 220 g/mol. The Morgan fingerprint density at radius 3 is 2.81 bits per heavy atom. The lowest BCUT2D eigenvalue weighted by atomic mass is 9.85. The molecule has 0 aliphatic heterocycles. The van der Waals surface area contributed by atoms with E-state index in [1.165, 1.54) is 19.3 Å². The van der Waals surface area contributed by atoms with Crippen LogP contribution in [0.3, 0.4) is 0 Å². The lowest BCUT2D eigenvalue weighted by molar-refractivity contribution is -0.385. The third-order valence-electron chi connectivity index (χ3n) is 3.23. The average Bonchev–Trinajstić information content (AvgIpc) is 2.17. The summed E-state index contributed by atoms with van der Waals surface area (Å²) in [6.07, 6.45) is 3.88. The van der Waals surface area contributed by atoms with Gasteiger partial charge in [-0.3, -0.25) is 10.1 Å². The first kappa shape index (κ1) is 10.9. The fourth-order valence-corrected chi connectivity index (χ4v) is 1.88. The molecule has 1 N–H and O–H groups in total. The Morgan fingerprint density at radius 2 is 2.25 bits per heavy atom. The lowest BCUT2D eigenvalue weighted by Crippen LogP contribution is -2.20. The van der Waals surface area contributed by atoms with Crippen LogP contribution in [0, 0.1) is 23.0 Å². The van der Waals surface area contributed by atoms with Gasteiger partial charge in [0.25, 0.3) is 5.69 Å². The van der Waals surface area contributed by atoms with Crippen LogP contribution in [0.2, 0.25) is 0 Å². The molecule has 1 saturated carbocycles. The van der Waals surface area contributed by atoms with E-state index < -0.39 is 0 Å². The van der Waals surface area contributed by atoms with Crippen molar-refractivity contribution >= 4 is 11.4 Å². The third-order valence-corrected chi connectivity index (χ3v) is 3.23. The standard InChI is InChI=1S/C12H16N2O2/c1-9-5-6-11(7-12(9)14(15)16)13-8-10-3-2-4-10/h5-7,10,13H,2-4,8H2,1H3. The molecule has 0 bridgehead atoms. The Balaban J connectivity index is 2.03. The van der Waals surface area contributed by atoms with Gasteiger partial charge >= 0.3 is 0 Å². The molecule has 4 nitrogen and oxygen atoms in total. The minimum atomic E-state index is -0.330. The van der Waals surface area contributed by atoms with Crippen LogP contribution < -0.4 is 5.32 Å². The Morgan fingerprint density at radius 1 is 1.50 bits per heavy atom. The maximum Gasteiger partial charge on any atom is 0.274 e. The maximum absolute atomic E-state index is 10.8. The van der Waals surface area contributed by atoms with Crippen molar-refractivity contribution in [3.05, 3.63) is 33.9 Å². The molecule has 1 aromatic rings. The molecule has 1 fully saturated rings. The molecule has 0 heterocycles. The van der Waals surface area contributed by atoms with Gasteiger partial charge in [-0.1, -0.05) is 12.5 Å². The molecule has 0 radical (unpaired) electrons. The summed E-state index contributed by atoms with van der Waals surface area (Å²) in [6.45, 7) is 2.69. The maximum atomic E-state index is 10.8. The Hall–Kier alpha value is -1.58. The van der Waals surface area contributed by atoms with E-state index >= 15 is 0 Å². The highest BCUT2D eigenvalue weighted by atomic mass is 16.6. The number of hydrogen-bond acceptors (Lipinski definition) is 3. The molecule has 0 aromatic heterocycles. The molecule has 0 amide bonds. The van der Waals surface area contributed by atoms with Crippen molar-refractivity contribution in [2.75, 3.05) is 11.9 Å². The van der Waals surface area contributed by atoms with E-state index in [1.807, 2.05) is 6.07 Å². The lowest BCUT2D eigenvalue weighted by Gasteiger charge is -2.25. The number of nitro groups is 1. The molecule has 1 aliphatic carbocycles. The second-order valence-electron chi connectivity index (χ2n) is 4.44. The van der Waals surface area contributed by atoms with Crippen LogP contribution in [-0.4, -0.2) is 11.5 Å². The number of nitrogens with zero attached hydrogens (tertiary/aromatic N) is 1. The fraction of sp³-hybridized carbons (Fsp3) is 0.500. The summed E-state index contributed by atoms with van der Waals surface area (Å²) in [5.74, 6) is 0.750. The quantitative estimate of drug-likeness (QED) is 0.626. The van der Waals surface area contributed by atoms with Gasteiger partial charge in [0.15, 0.2) is 0 Å². The summed E-state index contributed by atoms with van der Waals surface area (Å²) in [7, 11) is 0. The van der Waals surface area contributed by atoms with E-state index in [1.54, 1.807) is 19.1 Å². The number of nitro benzene ring substituents is 1. The zero-order valence-electron chi connectivity index (χ0n) is 9.40. The zero-order chi connectivity index (χ0) is 11.5. The molecular weight excluding hydrogens is 204 g/mol. The largest absolute Gasteiger partial charge is 0.385 e. The summed E-state index contributed by atoms with van der Waals surface area (Å²) >= 11 is 0. The molecule has 86 valence electrons. The van der Waals surface area contributed by atoms with E-state index in [2.05, 4.69) is 5.32 Å². The number of anilines is 1. The van der Waals surface area contributed by atoms with Gasteiger partial charge in [-0.15, -0.1) is 0 Å². The van der Waals surface area contributed by atoms with Crippen molar-refractivity contribution < 1.29 is 4.92 Å². The second-order valence-corrected chi connectivity index (χ2v) is 4.44. The van der Waals surface area contributed by atoms with Gasteiger partial charge in [0.1, 0.15) is 0 Å². The van der Waals surface area contributed by atoms with Gasteiger partial charge in [-0.05, 0) is 31.7 Å². The van der Waals surface area contributed by atoms with Crippen LogP contribution in [0.25, 0.3) is 0 Å². The van der Waals surface area contributed by atoms with Crippen molar-refractivity contribution in [3.8, 4) is 0 Å². The topological polar surface area (TPSA) is 55.2 Å². The van der Waals surface area contributed by atoms with Crippen molar-refractivity contribution in [2.45, 2.75) is 26.2 Å². The van der Waals surface area contributed by atoms with E-state index in [-0.39, 0.29) is 10.6 Å². The number of rotatable bonds is 4. The van der Waals surface area contributed by atoms with Crippen molar-refractivity contribution in [1.82, 2.24) is 0 Å². The number of aryl methyl sites for hydroxylation is 1. The highest BCUT2D eigenvalue weighted by molar-refractivity contribution is 5.54. The summed E-state index contributed by atoms with van der Waals surface area (Å²) in [4.78, 5) is 10.4. The Labute approximate surface area is 94.8 Å². The van der Waals surface area contributed by atoms with Gasteiger partial charge in [-0.2, -0.15) is 0 Å². The Bertz CT molecular complexity index is 400. The highest BCUT2D eigenvalue weighted by Crippen LogP contribution is 2.27. The number of nitrogens with one attached hydrogen (secondary N) is 1. The van der Waals surface area contributed by atoms with Crippen LogP contribution >= 0.6 is 0 Å². The number of hydrogen-bond donors (Lipinski definition) is 1. The van der Waals surface area contributed by atoms with Gasteiger partial charge in [0, 0.05) is 23.9 Å². The monoisotopic (exact) mass is 220 g/mol. The smallest absolute Gasteiger partial charge is 0.274 e. The normalized spacial score (nSPS) is 15.6. The summed E-state index contributed by atoms with van der Waals surface area (Å²) in [5, 5.41) is 14.0. The van der Waals surface area contributed by atoms with Gasteiger partial charge in [0.2, 0.25) is 0 Å². The minimum absolute atomic E-state index is 0.193. The van der Waals surface area contributed by atoms with Crippen molar-refractivity contribution in [3.63, 3.8) is 0 Å². The van der Waals surface area contributed by atoms with E-state index in [4.69, 9.17) is 0 Å². The predicted octanol–water partition coefficient (Wildman–Crippen LogP) is 3.12. The molecule has 0 saturated heterocycles. The van der Waals surface area contributed by atoms with Crippen LogP contribution in [0.15, 0.2) is 18.2 Å². The van der Waals surface area contributed by atoms with Gasteiger partial charge in [0.05, 0.1) is 4.92 Å². The molecular formula is C12H16N2O2. The molecule has 1 aliphatic rings. The van der Waals surface area contributed by atoms with Crippen LogP contribution in [-0.2, 0) is 0 Å².